The second-order valence-electron chi connectivity index (χ2n) is 4.97. The van der Waals surface area contributed by atoms with Crippen molar-refractivity contribution in [2.45, 2.75) is 4.34 Å². The number of thiazole rings is 1. The fourth-order valence-electron chi connectivity index (χ4n) is 1.97. The average Bonchev–Trinajstić information content (AvgIpc) is 3.00. The number of benzene rings is 2. The molecule has 0 unspecified atom stereocenters. The molecule has 0 aliphatic carbocycles. The van der Waals surface area contributed by atoms with Gasteiger partial charge in [0.15, 0.2) is 16.7 Å². The number of rotatable bonds is 6. The standard InChI is InChI=1S/C17H11ClFNO3S2/c18-11-3-6-15-13(7-11)20-17(25-15)24-9-16(22)23-8-14(21)10-1-4-12(19)5-2-10/h1-7H,8-9H2. The molecule has 128 valence electrons. The van der Waals surface area contributed by atoms with Crippen molar-refractivity contribution < 1.29 is 18.7 Å². The number of ketones is 1. The van der Waals surface area contributed by atoms with E-state index in [1.165, 1.54) is 47.4 Å². The number of thioether (sulfide) groups is 1. The third kappa shape index (κ3) is 4.78. The van der Waals surface area contributed by atoms with Crippen molar-refractivity contribution in [3.8, 4) is 0 Å². The number of carbonyl (C=O) groups is 2. The van der Waals surface area contributed by atoms with Crippen LogP contribution in [0.1, 0.15) is 10.4 Å². The number of carbonyl (C=O) groups excluding carboxylic acids is 2. The number of esters is 1. The molecule has 8 heteroatoms. The first-order valence-electron chi connectivity index (χ1n) is 7.14. The van der Waals surface area contributed by atoms with E-state index in [4.69, 9.17) is 16.3 Å². The first-order valence-corrected chi connectivity index (χ1v) is 9.32. The highest BCUT2D eigenvalue weighted by Gasteiger charge is 2.12. The monoisotopic (exact) mass is 395 g/mol. The van der Waals surface area contributed by atoms with Crippen LogP contribution in [0.15, 0.2) is 46.8 Å². The molecule has 0 amide bonds. The van der Waals surface area contributed by atoms with Gasteiger partial charge in [0.1, 0.15) is 5.82 Å². The second-order valence-corrected chi connectivity index (χ2v) is 7.66. The minimum Gasteiger partial charge on any atom is -0.457 e. The minimum absolute atomic E-state index is 0.0459. The number of hydrogen-bond donors (Lipinski definition) is 0. The summed E-state index contributed by atoms with van der Waals surface area (Å²) in [6.07, 6.45) is 0. The van der Waals surface area contributed by atoms with E-state index in [-0.39, 0.29) is 18.1 Å². The summed E-state index contributed by atoms with van der Waals surface area (Å²) in [7, 11) is 0. The Bertz CT molecular complexity index is 927. The number of fused-ring (bicyclic) bond motifs is 1. The molecule has 3 aromatic rings. The van der Waals surface area contributed by atoms with Crippen molar-refractivity contribution in [3.05, 3.63) is 58.9 Å². The smallest absolute Gasteiger partial charge is 0.316 e. The molecule has 25 heavy (non-hydrogen) atoms. The summed E-state index contributed by atoms with van der Waals surface area (Å²) < 4.78 is 19.5. The van der Waals surface area contributed by atoms with Crippen LogP contribution >= 0.6 is 34.7 Å². The van der Waals surface area contributed by atoms with Crippen molar-refractivity contribution in [1.29, 1.82) is 0 Å². The minimum atomic E-state index is -0.516. The largest absolute Gasteiger partial charge is 0.457 e. The zero-order chi connectivity index (χ0) is 17.8. The predicted octanol–water partition coefficient (Wildman–Crippen LogP) is 4.61. The van der Waals surface area contributed by atoms with Gasteiger partial charge in [0, 0.05) is 10.6 Å². The summed E-state index contributed by atoms with van der Waals surface area (Å²) in [5.41, 5.74) is 1.07. The van der Waals surface area contributed by atoms with E-state index in [9.17, 15) is 14.0 Å². The molecule has 0 spiro atoms. The molecule has 1 aromatic heterocycles. The van der Waals surface area contributed by atoms with E-state index >= 15 is 0 Å². The number of ether oxygens (including phenoxy) is 1. The number of nitrogens with zero attached hydrogens (tertiary/aromatic N) is 1. The lowest BCUT2D eigenvalue weighted by Gasteiger charge is -2.03. The van der Waals surface area contributed by atoms with Crippen LogP contribution in [0.2, 0.25) is 5.02 Å². The molecule has 0 saturated heterocycles. The van der Waals surface area contributed by atoms with Gasteiger partial charge in [0.05, 0.1) is 16.0 Å². The Hall–Kier alpha value is -1.96. The Morgan fingerprint density at radius 3 is 2.72 bits per heavy atom. The molecule has 0 aliphatic heterocycles. The summed E-state index contributed by atoms with van der Waals surface area (Å²) in [5, 5.41) is 0.605. The highest BCUT2D eigenvalue weighted by molar-refractivity contribution is 8.01. The molecule has 2 aromatic carbocycles. The molecule has 0 N–H and O–H groups in total. The Balaban J connectivity index is 1.50. The van der Waals surface area contributed by atoms with Gasteiger partial charge in [-0.05, 0) is 42.5 Å². The Kier molecular flexibility index (Phi) is 5.67. The number of hydrogen-bond acceptors (Lipinski definition) is 6. The molecule has 0 bridgehead atoms. The van der Waals surface area contributed by atoms with Crippen LogP contribution in [0.3, 0.4) is 0 Å². The quantitative estimate of drug-likeness (QED) is 0.346. The fourth-order valence-corrected chi connectivity index (χ4v) is 3.98. The maximum Gasteiger partial charge on any atom is 0.316 e. The maximum atomic E-state index is 12.8. The zero-order valence-corrected chi connectivity index (χ0v) is 15.1. The van der Waals surface area contributed by atoms with Crippen LogP contribution in [-0.2, 0) is 9.53 Å². The van der Waals surface area contributed by atoms with E-state index in [1.54, 1.807) is 12.1 Å². The number of aromatic nitrogens is 1. The molecule has 1 heterocycles. The highest BCUT2D eigenvalue weighted by Crippen LogP contribution is 2.30. The molecule has 0 atom stereocenters. The summed E-state index contributed by atoms with van der Waals surface area (Å²) in [6, 6.07) is 10.5. The van der Waals surface area contributed by atoms with Gasteiger partial charge in [-0.3, -0.25) is 9.59 Å². The van der Waals surface area contributed by atoms with Gasteiger partial charge in [-0.1, -0.05) is 23.4 Å². The lowest BCUT2D eigenvalue weighted by molar-refractivity contribution is -0.139. The van der Waals surface area contributed by atoms with Gasteiger partial charge in [-0.25, -0.2) is 9.37 Å². The molecule has 4 nitrogen and oxygen atoms in total. The second kappa shape index (κ2) is 7.95. The van der Waals surface area contributed by atoms with Gasteiger partial charge < -0.3 is 4.74 Å². The van der Waals surface area contributed by atoms with Gasteiger partial charge in [0.2, 0.25) is 0 Å². The van der Waals surface area contributed by atoms with Crippen molar-refractivity contribution in [2.75, 3.05) is 12.4 Å². The van der Waals surface area contributed by atoms with Gasteiger partial charge in [0.25, 0.3) is 0 Å². The van der Waals surface area contributed by atoms with E-state index in [0.29, 0.717) is 10.6 Å². The summed E-state index contributed by atoms with van der Waals surface area (Å²) >= 11 is 8.61. The topological polar surface area (TPSA) is 56.3 Å². The Morgan fingerprint density at radius 2 is 1.96 bits per heavy atom. The fraction of sp³-hybridized carbons (Fsp3) is 0.118. The molecule has 0 radical (unpaired) electrons. The Morgan fingerprint density at radius 1 is 1.20 bits per heavy atom. The first-order chi connectivity index (χ1) is 12.0. The lowest BCUT2D eigenvalue weighted by atomic mass is 10.1. The number of halogens is 2. The molecular weight excluding hydrogens is 385 g/mol. The summed E-state index contributed by atoms with van der Waals surface area (Å²) in [6.45, 7) is -0.375. The van der Waals surface area contributed by atoms with Crippen molar-refractivity contribution >= 4 is 56.7 Å². The van der Waals surface area contributed by atoms with Crippen molar-refractivity contribution in [3.63, 3.8) is 0 Å². The van der Waals surface area contributed by atoms with Gasteiger partial charge in [-0.2, -0.15) is 0 Å². The van der Waals surface area contributed by atoms with Gasteiger partial charge in [-0.15, -0.1) is 11.3 Å². The SMILES string of the molecule is O=C(CSc1nc2cc(Cl)ccc2s1)OCC(=O)c1ccc(F)cc1. The highest BCUT2D eigenvalue weighted by atomic mass is 35.5. The molecule has 3 rings (SSSR count). The van der Waals surface area contributed by atoms with Crippen LogP contribution in [0, 0.1) is 5.82 Å². The van der Waals surface area contributed by atoms with Crippen LogP contribution in [0.5, 0.6) is 0 Å². The van der Waals surface area contributed by atoms with Crippen molar-refractivity contribution in [1.82, 2.24) is 4.98 Å². The van der Waals surface area contributed by atoms with Crippen molar-refractivity contribution in [2.24, 2.45) is 0 Å². The van der Waals surface area contributed by atoms with E-state index in [2.05, 4.69) is 4.98 Å². The summed E-state index contributed by atoms with van der Waals surface area (Å²) in [4.78, 5) is 28.0. The van der Waals surface area contributed by atoms with E-state index < -0.39 is 11.8 Å². The normalized spacial score (nSPS) is 10.8. The van der Waals surface area contributed by atoms with Crippen LogP contribution < -0.4 is 0 Å². The first kappa shape index (κ1) is 17.8. The molecular formula is C17H11ClFNO3S2. The molecule has 0 fully saturated rings. The van der Waals surface area contributed by atoms with E-state index in [0.717, 1.165) is 14.6 Å². The number of Topliss-reactive ketones (excluding diaryl/α,β-unsaturated/α-hetero) is 1. The Labute approximate surface area is 156 Å². The molecule has 0 aliphatic rings. The maximum absolute atomic E-state index is 12.8. The lowest BCUT2D eigenvalue weighted by Crippen LogP contribution is -2.15. The van der Waals surface area contributed by atoms with Crippen LogP contribution in [-0.4, -0.2) is 29.1 Å². The summed E-state index contributed by atoms with van der Waals surface area (Å²) in [5.74, 6) is -1.28. The van der Waals surface area contributed by atoms with Crippen LogP contribution in [0.25, 0.3) is 10.2 Å². The zero-order valence-electron chi connectivity index (χ0n) is 12.7. The third-order valence-electron chi connectivity index (χ3n) is 3.17. The van der Waals surface area contributed by atoms with Gasteiger partial charge >= 0.3 is 5.97 Å². The third-order valence-corrected chi connectivity index (χ3v) is 5.56. The molecule has 0 saturated carbocycles. The van der Waals surface area contributed by atoms with Crippen LogP contribution in [0.4, 0.5) is 4.39 Å². The average molecular weight is 396 g/mol. The predicted molar refractivity (Wildman–Crippen MR) is 97.0 cm³/mol. The van der Waals surface area contributed by atoms with E-state index in [1.807, 2.05) is 6.07 Å².